The first-order valence-corrected chi connectivity index (χ1v) is 18.1. The lowest BCUT2D eigenvalue weighted by Crippen LogP contribution is -2.14. The Morgan fingerprint density at radius 3 is 2.04 bits per heavy atom. The normalized spacial score (nSPS) is 11.3. The molecule has 54 heavy (non-hydrogen) atoms. The van der Waals surface area contributed by atoms with Gasteiger partial charge in [-0.05, 0) is 107 Å². The van der Waals surface area contributed by atoms with E-state index in [0.717, 1.165) is 44.2 Å². The molecule has 3 N–H and O–H groups in total. The number of thiol groups is 1. The maximum atomic E-state index is 5.91. The summed E-state index contributed by atoms with van der Waals surface area (Å²) in [7, 11) is 0. The van der Waals surface area contributed by atoms with Crippen LogP contribution in [-0.2, 0) is 0 Å². The van der Waals surface area contributed by atoms with Crippen LogP contribution < -0.4 is 16.0 Å². The molecule has 266 valence electrons. The SMILES string of the molecule is C=C(/C=C\C=C/Nc1cccc(-c2ccc(N)c(S)c2)c1)c1ccc2cc1-c1ccccc1N2c1ccccc1.Cc1cccc(-c2ccccc2)c1.S. The Morgan fingerprint density at radius 1 is 0.611 bits per heavy atom. The molecule has 8 rings (SSSR count). The highest BCUT2D eigenvalue weighted by atomic mass is 32.1. The highest BCUT2D eigenvalue weighted by Gasteiger charge is 2.24. The van der Waals surface area contributed by atoms with Crippen molar-refractivity contribution in [2.75, 3.05) is 16.0 Å². The Hall–Kier alpha value is -6.14. The predicted molar refractivity (Wildman–Crippen MR) is 242 cm³/mol. The second kappa shape index (κ2) is 17.6. The monoisotopic (exact) mass is 737 g/mol. The second-order valence-electron chi connectivity index (χ2n) is 12.9. The number of nitrogens with zero attached hydrogens (tertiary/aromatic N) is 1. The number of nitrogens with one attached hydrogen (secondary N) is 1. The predicted octanol–water partition coefficient (Wildman–Crippen LogP) is 13.6. The minimum absolute atomic E-state index is 0. The fraction of sp³-hybridized carbons (Fsp3) is 0.0204. The molecule has 2 bridgehead atoms. The minimum atomic E-state index is 0. The van der Waals surface area contributed by atoms with E-state index in [-0.39, 0.29) is 13.5 Å². The Labute approximate surface area is 331 Å². The number of anilines is 5. The summed E-state index contributed by atoms with van der Waals surface area (Å²) in [4.78, 5) is 3.08. The summed E-state index contributed by atoms with van der Waals surface area (Å²) >= 11 is 4.45. The summed E-state index contributed by atoms with van der Waals surface area (Å²) < 4.78 is 0. The van der Waals surface area contributed by atoms with Crippen molar-refractivity contribution in [2.45, 2.75) is 11.8 Å². The number of nitrogens with two attached hydrogens (primary N) is 1. The van der Waals surface area contributed by atoms with E-state index in [9.17, 15) is 0 Å². The molecular formula is C49H43N3S2. The van der Waals surface area contributed by atoms with Gasteiger partial charge in [-0.2, -0.15) is 13.5 Å². The summed E-state index contributed by atoms with van der Waals surface area (Å²) in [6.45, 7) is 6.50. The third kappa shape index (κ3) is 8.72. The van der Waals surface area contributed by atoms with Gasteiger partial charge in [-0.15, -0.1) is 12.6 Å². The van der Waals surface area contributed by atoms with Crippen molar-refractivity contribution in [3.05, 3.63) is 212 Å². The minimum Gasteiger partial charge on any atom is -0.398 e. The molecule has 0 saturated heterocycles. The molecular weight excluding hydrogens is 695 g/mol. The molecule has 3 nitrogen and oxygen atoms in total. The maximum Gasteiger partial charge on any atom is 0.0540 e. The Kier molecular flexibility index (Phi) is 12.2. The Morgan fingerprint density at radius 2 is 1.28 bits per heavy atom. The van der Waals surface area contributed by atoms with Crippen LogP contribution in [0.1, 0.15) is 11.1 Å². The quantitative estimate of drug-likeness (QED) is 0.0826. The highest BCUT2D eigenvalue weighted by molar-refractivity contribution is 7.80. The van der Waals surface area contributed by atoms with Crippen molar-refractivity contribution in [3.8, 4) is 33.4 Å². The zero-order chi connectivity index (χ0) is 36.6. The summed E-state index contributed by atoms with van der Waals surface area (Å²) in [5, 5.41) is 3.36. The van der Waals surface area contributed by atoms with Crippen molar-refractivity contribution in [2.24, 2.45) is 0 Å². The Bertz CT molecular complexity index is 2430. The summed E-state index contributed by atoms with van der Waals surface area (Å²) in [5.74, 6) is 0. The number of hydrogen-bond donors (Lipinski definition) is 3. The average molecular weight is 738 g/mol. The third-order valence-corrected chi connectivity index (χ3v) is 9.55. The number of aryl methyl sites for hydroxylation is 1. The third-order valence-electron chi connectivity index (χ3n) is 9.16. The number of benzene rings is 7. The van der Waals surface area contributed by atoms with Crippen LogP contribution >= 0.6 is 26.1 Å². The molecule has 0 fully saturated rings. The van der Waals surface area contributed by atoms with E-state index in [1.807, 2.05) is 60.8 Å². The first-order chi connectivity index (χ1) is 25.9. The average Bonchev–Trinajstić information content (AvgIpc) is 3.20. The highest BCUT2D eigenvalue weighted by Crippen LogP contribution is 2.48. The molecule has 0 atom stereocenters. The molecule has 0 amide bonds. The molecule has 0 unspecified atom stereocenters. The van der Waals surface area contributed by atoms with Gasteiger partial charge in [-0.1, -0.05) is 140 Å². The van der Waals surface area contributed by atoms with Gasteiger partial charge in [0, 0.05) is 39.4 Å². The van der Waals surface area contributed by atoms with E-state index in [4.69, 9.17) is 5.73 Å². The lowest BCUT2D eigenvalue weighted by atomic mass is 9.89. The summed E-state index contributed by atoms with van der Waals surface area (Å²) in [5.41, 5.74) is 21.6. The van der Waals surface area contributed by atoms with Gasteiger partial charge >= 0.3 is 0 Å². The molecule has 7 aromatic carbocycles. The van der Waals surface area contributed by atoms with Crippen LogP contribution in [0.5, 0.6) is 0 Å². The molecule has 0 saturated carbocycles. The Balaban J connectivity index is 0.000000300. The lowest BCUT2D eigenvalue weighted by molar-refractivity contribution is 1.26. The van der Waals surface area contributed by atoms with E-state index in [2.05, 4.69) is 170 Å². The van der Waals surface area contributed by atoms with Crippen LogP contribution in [0.3, 0.4) is 0 Å². The lowest BCUT2D eigenvalue weighted by Gasteiger charge is -2.33. The molecule has 1 heterocycles. The maximum absolute atomic E-state index is 5.91. The van der Waals surface area contributed by atoms with Crippen LogP contribution in [0.2, 0.25) is 0 Å². The van der Waals surface area contributed by atoms with Crippen LogP contribution in [0.25, 0.3) is 39.0 Å². The first-order valence-electron chi connectivity index (χ1n) is 17.6. The zero-order valence-corrected chi connectivity index (χ0v) is 32.0. The molecule has 5 heteroatoms. The topological polar surface area (TPSA) is 41.3 Å². The van der Waals surface area contributed by atoms with Crippen LogP contribution in [0, 0.1) is 6.92 Å². The summed E-state index contributed by atoms with van der Waals surface area (Å²) in [6.07, 6.45) is 7.97. The van der Waals surface area contributed by atoms with Crippen LogP contribution in [-0.4, -0.2) is 0 Å². The van der Waals surface area contributed by atoms with Gasteiger partial charge in [0.25, 0.3) is 0 Å². The summed E-state index contributed by atoms with van der Waals surface area (Å²) in [6, 6.07) is 58.8. The largest absolute Gasteiger partial charge is 0.398 e. The van der Waals surface area contributed by atoms with Gasteiger partial charge in [0.05, 0.1) is 5.69 Å². The fourth-order valence-corrected chi connectivity index (χ4v) is 6.72. The smallest absolute Gasteiger partial charge is 0.0540 e. The molecule has 0 aliphatic carbocycles. The van der Waals surface area contributed by atoms with Gasteiger partial charge < -0.3 is 16.0 Å². The molecule has 1 aliphatic rings. The zero-order valence-electron chi connectivity index (χ0n) is 30.2. The number of fused-ring (bicyclic) bond motifs is 4. The van der Waals surface area contributed by atoms with Gasteiger partial charge in [0.1, 0.15) is 0 Å². The second-order valence-corrected chi connectivity index (χ2v) is 13.4. The standard InChI is InChI=1S/C36H29N3S.C13H12.H2S/c1-25(10-7-8-21-38-28-12-9-11-26(22-28)27-17-20-34(37)36(40)23-27)31-19-18-30-24-33(31)32-15-5-6-16-35(32)39(30)29-13-3-2-4-14-29;1-11-6-5-9-13(10-11)12-7-3-2-4-8-12;/h2-24,38,40H,1,37H2;2-10H,1H3;1H2/b10-7-,21-8-;;. The van der Waals surface area contributed by atoms with E-state index in [1.54, 1.807) is 0 Å². The molecule has 7 aromatic rings. The van der Waals surface area contributed by atoms with E-state index in [1.165, 1.54) is 33.5 Å². The fourth-order valence-electron chi connectivity index (χ4n) is 6.50. The number of allylic oxidation sites excluding steroid dienone is 4. The molecule has 0 aromatic heterocycles. The number of hydrogen-bond acceptors (Lipinski definition) is 4. The van der Waals surface area contributed by atoms with Crippen molar-refractivity contribution in [1.82, 2.24) is 0 Å². The van der Waals surface area contributed by atoms with Crippen LogP contribution in [0.4, 0.5) is 28.4 Å². The van der Waals surface area contributed by atoms with Crippen molar-refractivity contribution >= 4 is 60.1 Å². The van der Waals surface area contributed by atoms with Gasteiger partial charge in [0.15, 0.2) is 0 Å². The van der Waals surface area contributed by atoms with E-state index < -0.39 is 0 Å². The number of nitrogen functional groups attached to an aromatic ring is 1. The number of rotatable bonds is 8. The van der Waals surface area contributed by atoms with Crippen molar-refractivity contribution < 1.29 is 0 Å². The molecule has 0 spiro atoms. The van der Waals surface area contributed by atoms with Gasteiger partial charge in [0.2, 0.25) is 0 Å². The van der Waals surface area contributed by atoms with E-state index in [0.29, 0.717) is 5.69 Å². The first kappa shape index (κ1) is 37.6. The molecule has 1 aliphatic heterocycles. The van der Waals surface area contributed by atoms with Gasteiger partial charge in [-0.3, -0.25) is 0 Å². The van der Waals surface area contributed by atoms with Crippen LogP contribution in [0.15, 0.2) is 206 Å². The number of para-hydroxylation sites is 2. The van der Waals surface area contributed by atoms with E-state index >= 15 is 0 Å². The van der Waals surface area contributed by atoms with Crippen molar-refractivity contribution in [1.29, 1.82) is 0 Å². The van der Waals surface area contributed by atoms with Crippen molar-refractivity contribution in [3.63, 3.8) is 0 Å². The van der Waals surface area contributed by atoms with Gasteiger partial charge in [-0.25, -0.2) is 0 Å². The molecule has 0 radical (unpaired) electrons.